The van der Waals surface area contributed by atoms with Crippen LogP contribution in [0.1, 0.15) is 5.56 Å². The molecule has 0 saturated heterocycles. The molecule has 2 rings (SSSR count). The van der Waals surface area contributed by atoms with Crippen molar-refractivity contribution in [3.05, 3.63) is 28.8 Å². The predicted octanol–water partition coefficient (Wildman–Crippen LogP) is 1.79. The number of carboxylic acid groups (broad SMARTS) is 1. The van der Waals surface area contributed by atoms with Gasteiger partial charge in [-0.15, -0.1) is 0 Å². The topological polar surface area (TPSA) is 40.5 Å². The van der Waals surface area contributed by atoms with E-state index in [0.29, 0.717) is 0 Å². The van der Waals surface area contributed by atoms with Crippen LogP contribution >= 0.6 is 11.6 Å². The van der Waals surface area contributed by atoms with E-state index in [0.717, 1.165) is 29.2 Å². The van der Waals surface area contributed by atoms with Crippen molar-refractivity contribution < 1.29 is 9.90 Å². The summed E-state index contributed by atoms with van der Waals surface area (Å²) in [6.45, 7) is 0.790. The van der Waals surface area contributed by atoms with E-state index in [4.69, 9.17) is 16.7 Å². The first-order valence-corrected chi connectivity index (χ1v) is 4.80. The van der Waals surface area contributed by atoms with Gasteiger partial charge in [-0.2, -0.15) is 0 Å². The van der Waals surface area contributed by atoms with Gasteiger partial charge >= 0.3 is 5.97 Å². The van der Waals surface area contributed by atoms with Crippen LogP contribution in [0, 0.1) is 0 Å². The van der Waals surface area contributed by atoms with E-state index in [1.54, 1.807) is 0 Å². The second-order valence-corrected chi connectivity index (χ2v) is 3.71. The van der Waals surface area contributed by atoms with Crippen molar-refractivity contribution in [3.8, 4) is 0 Å². The van der Waals surface area contributed by atoms with Crippen molar-refractivity contribution in [1.29, 1.82) is 0 Å². The largest absolute Gasteiger partial charge is 0.480 e. The molecule has 0 aliphatic carbocycles. The number of hydrogen-bond donors (Lipinski definition) is 1. The predicted molar refractivity (Wildman–Crippen MR) is 55.0 cm³/mol. The average molecular weight is 212 g/mol. The Balaban J connectivity index is 2.30. The van der Waals surface area contributed by atoms with Crippen molar-refractivity contribution >= 4 is 23.3 Å². The summed E-state index contributed by atoms with van der Waals surface area (Å²) in [5.74, 6) is -0.808. The fraction of sp³-hybridized carbons (Fsp3) is 0.300. The number of rotatable bonds is 2. The summed E-state index contributed by atoms with van der Waals surface area (Å²) < 4.78 is 0. The fourth-order valence-corrected chi connectivity index (χ4v) is 2.05. The molecule has 0 saturated carbocycles. The lowest BCUT2D eigenvalue weighted by Gasteiger charge is -2.16. The highest BCUT2D eigenvalue weighted by Gasteiger charge is 2.22. The zero-order chi connectivity index (χ0) is 10.1. The van der Waals surface area contributed by atoms with Crippen LogP contribution in [0.5, 0.6) is 0 Å². The smallest absolute Gasteiger partial charge is 0.323 e. The minimum atomic E-state index is -0.808. The molecule has 1 aliphatic heterocycles. The maximum absolute atomic E-state index is 10.6. The molecule has 0 radical (unpaired) electrons. The monoisotopic (exact) mass is 211 g/mol. The van der Waals surface area contributed by atoms with E-state index >= 15 is 0 Å². The summed E-state index contributed by atoms with van der Waals surface area (Å²) in [4.78, 5) is 12.4. The first-order valence-electron chi connectivity index (χ1n) is 4.42. The number of nitrogens with zero attached hydrogens (tertiary/aromatic N) is 1. The van der Waals surface area contributed by atoms with Gasteiger partial charge in [-0.05, 0) is 24.1 Å². The van der Waals surface area contributed by atoms with Crippen LogP contribution in [0.15, 0.2) is 18.2 Å². The summed E-state index contributed by atoms with van der Waals surface area (Å²) in [5.41, 5.74) is 2.02. The van der Waals surface area contributed by atoms with E-state index in [1.165, 1.54) is 0 Å². The van der Waals surface area contributed by atoms with Gasteiger partial charge in [0.15, 0.2) is 0 Å². The van der Waals surface area contributed by atoms with E-state index in [-0.39, 0.29) is 6.54 Å². The molecule has 0 bridgehead atoms. The Bertz CT molecular complexity index is 378. The van der Waals surface area contributed by atoms with E-state index in [9.17, 15) is 4.79 Å². The maximum Gasteiger partial charge on any atom is 0.323 e. The Hall–Kier alpha value is -1.22. The third kappa shape index (κ3) is 1.55. The molecule has 14 heavy (non-hydrogen) atoms. The zero-order valence-corrected chi connectivity index (χ0v) is 8.29. The lowest BCUT2D eigenvalue weighted by Crippen LogP contribution is -2.27. The van der Waals surface area contributed by atoms with Gasteiger partial charge in [0.1, 0.15) is 6.54 Å². The fourth-order valence-electron chi connectivity index (χ4n) is 1.79. The molecular weight excluding hydrogens is 202 g/mol. The van der Waals surface area contributed by atoms with E-state index in [2.05, 4.69) is 0 Å². The highest BCUT2D eigenvalue weighted by molar-refractivity contribution is 6.31. The Morgan fingerprint density at radius 1 is 1.57 bits per heavy atom. The first kappa shape index (κ1) is 9.34. The number of anilines is 1. The first-order chi connectivity index (χ1) is 6.68. The maximum atomic E-state index is 10.6. The molecule has 4 heteroatoms. The number of fused-ring (bicyclic) bond motifs is 1. The molecule has 0 aromatic heterocycles. The van der Waals surface area contributed by atoms with Gasteiger partial charge in [-0.3, -0.25) is 4.79 Å². The second kappa shape index (κ2) is 3.50. The van der Waals surface area contributed by atoms with Gasteiger partial charge in [0.25, 0.3) is 0 Å². The van der Waals surface area contributed by atoms with Gasteiger partial charge in [-0.1, -0.05) is 17.7 Å². The Kier molecular flexibility index (Phi) is 2.33. The Labute approximate surface area is 86.9 Å². The van der Waals surface area contributed by atoms with Crippen LogP contribution in [0.3, 0.4) is 0 Å². The lowest BCUT2D eigenvalue weighted by molar-refractivity contribution is -0.135. The Morgan fingerprint density at radius 3 is 3.07 bits per heavy atom. The van der Waals surface area contributed by atoms with Crippen molar-refractivity contribution in [1.82, 2.24) is 0 Å². The third-order valence-electron chi connectivity index (χ3n) is 2.39. The molecule has 74 valence electrons. The Morgan fingerprint density at radius 2 is 2.36 bits per heavy atom. The number of carboxylic acids is 1. The highest BCUT2D eigenvalue weighted by atomic mass is 35.5. The van der Waals surface area contributed by atoms with Crippen molar-refractivity contribution in [2.24, 2.45) is 0 Å². The molecular formula is C10H10ClNO2. The van der Waals surface area contributed by atoms with Crippen LogP contribution in [0.25, 0.3) is 0 Å². The zero-order valence-electron chi connectivity index (χ0n) is 7.53. The van der Waals surface area contributed by atoms with Gasteiger partial charge in [0.05, 0.1) is 0 Å². The van der Waals surface area contributed by atoms with Crippen LogP contribution in [-0.2, 0) is 11.2 Å². The molecule has 0 fully saturated rings. The normalized spacial score (nSPS) is 14.2. The standard InChI is InChI=1S/C10H10ClNO2/c11-8-2-1-3-9-7(8)4-5-12(9)6-10(13)14/h1-3H,4-6H2,(H,13,14). The lowest BCUT2D eigenvalue weighted by atomic mass is 10.2. The molecule has 1 aliphatic rings. The summed E-state index contributed by atoms with van der Waals surface area (Å²) in [6, 6.07) is 5.60. The van der Waals surface area contributed by atoms with Gasteiger partial charge in [0.2, 0.25) is 0 Å². The van der Waals surface area contributed by atoms with Gasteiger partial charge < -0.3 is 10.0 Å². The summed E-state index contributed by atoms with van der Waals surface area (Å²) in [7, 11) is 0. The summed E-state index contributed by atoms with van der Waals surface area (Å²) in [6.07, 6.45) is 0.836. The molecule has 3 nitrogen and oxygen atoms in total. The summed E-state index contributed by atoms with van der Waals surface area (Å²) in [5, 5.41) is 9.43. The van der Waals surface area contributed by atoms with Crippen molar-refractivity contribution in [3.63, 3.8) is 0 Å². The van der Waals surface area contributed by atoms with Crippen molar-refractivity contribution in [2.75, 3.05) is 18.0 Å². The number of hydrogen-bond acceptors (Lipinski definition) is 2. The molecule has 1 aromatic rings. The number of halogens is 1. The quantitative estimate of drug-likeness (QED) is 0.811. The molecule has 0 spiro atoms. The van der Waals surface area contributed by atoms with Gasteiger partial charge in [0, 0.05) is 17.3 Å². The molecule has 0 amide bonds. The molecule has 0 unspecified atom stereocenters. The number of carbonyl (C=O) groups is 1. The second-order valence-electron chi connectivity index (χ2n) is 3.30. The van der Waals surface area contributed by atoms with Crippen LogP contribution in [-0.4, -0.2) is 24.2 Å². The average Bonchev–Trinajstić information content (AvgIpc) is 2.49. The van der Waals surface area contributed by atoms with E-state index < -0.39 is 5.97 Å². The molecule has 1 aromatic carbocycles. The third-order valence-corrected chi connectivity index (χ3v) is 2.75. The van der Waals surface area contributed by atoms with Crippen LogP contribution < -0.4 is 4.90 Å². The number of aliphatic carboxylic acids is 1. The molecule has 0 atom stereocenters. The van der Waals surface area contributed by atoms with E-state index in [1.807, 2.05) is 23.1 Å². The minimum Gasteiger partial charge on any atom is -0.480 e. The van der Waals surface area contributed by atoms with Gasteiger partial charge in [-0.25, -0.2) is 0 Å². The highest BCUT2D eigenvalue weighted by Crippen LogP contribution is 2.32. The number of benzene rings is 1. The SMILES string of the molecule is O=C(O)CN1CCc2c(Cl)cccc21. The summed E-state index contributed by atoms with van der Waals surface area (Å²) >= 11 is 6.00. The molecule has 1 N–H and O–H groups in total. The van der Waals surface area contributed by atoms with Crippen LogP contribution in [0.4, 0.5) is 5.69 Å². The van der Waals surface area contributed by atoms with Crippen LogP contribution in [0.2, 0.25) is 5.02 Å². The molecule has 1 heterocycles. The minimum absolute atomic E-state index is 0.0490. The van der Waals surface area contributed by atoms with Crippen molar-refractivity contribution in [2.45, 2.75) is 6.42 Å².